The molecule has 2 aliphatic heterocycles. The van der Waals surface area contributed by atoms with E-state index in [0.717, 1.165) is 39.0 Å². The molecule has 25 heavy (non-hydrogen) atoms. The molecule has 0 radical (unpaired) electrons. The van der Waals surface area contributed by atoms with Crippen LogP contribution in [0, 0.1) is 11.8 Å². The Balaban J connectivity index is 1.59. The van der Waals surface area contributed by atoms with Crippen LogP contribution in [0.3, 0.4) is 0 Å². The minimum absolute atomic E-state index is 0.102. The normalized spacial score (nSPS) is 24.2. The van der Waals surface area contributed by atoms with E-state index in [0.29, 0.717) is 17.4 Å². The summed E-state index contributed by atoms with van der Waals surface area (Å²) in [7, 11) is 0. The highest BCUT2D eigenvalue weighted by Crippen LogP contribution is 2.27. The molecule has 2 atom stereocenters. The summed E-state index contributed by atoms with van der Waals surface area (Å²) in [4.78, 5) is 14.2. The van der Waals surface area contributed by atoms with E-state index in [2.05, 4.69) is 10.1 Å². The predicted octanol–water partition coefficient (Wildman–Crippen LogP) is 3.06. The number of nitrogens with one attached hydrogen (secondary N) is 1. The smallest absolute Gasteiger partial charge is 0.406 e. The van der Waals surface area contributed by atoms with Gasteiger partial charge in [-0.2, -0.15) is 0 Å². The third kappa shape index (κ3) is 4.98. The van der Waals surface area contributed by atoms with Gasteiger partial charge in [0.2, 0.25) is 5.91 Å². The maximum atomic E-state index is 12.4. The molecule has 2 heterocycles. The lowest BCUT2D eigenvalue weighted by Gasteiger charge is -2.19. The minimum atomic E-state index is -4.73. The van der Waals surface area contributed by atoms with Crippen LogP contribution in [0.5, 0.6) is 5.75 Å². The molecule has 0 unspecified atom stereocenters. The second kappa shape index (κ2) is 7.47. The van der Waals surface area contributed by atoms with Crippen molar-refractivity contribution < 1.29 is 22.7 Å². The molecule has 1 aromatic rings. The van der Waals surface area contributed by atoms with Gasteiger partial charge in [-0.3, -0.25) is 4.79 Å². The molecular formula is C18H21F3N2O2. The number of carbonyl (C=O) groups excluding carboxylic acids is 1. The molecule has 1 aromatic carbocycles. The van der Waals surface area contributed by atoms with Crippen LogP contribution in [-0.4, -0.2) is 43.3 Å². The van der Waals surface area contributed by atoms with Gasteiger partial charge in [0.15, 0.2) is 0 Å². The van der Waals surface area contributed by atoms with E-state index in [9.17, 15) is 18.0 Å². The van der Waals surface area contributed by atoms with Crippen molar-refractivity contribution in [3.8, 4) is 5.75 Å². The Morgan fingerprint density at radius 3 is 2.52 bits per heavy atom. The first kappa shape index (κ1) is 17.8. The van der Waals surface area contributed by atoms with Gasteiger partial charge < -0.3 is 15.0 Å². The van der Waals surface area contributed by atoms with Gasteiger partial charge in [-0.05, 0) is 61.5 Å². The molecule has 2 fully saturated rings. The number of rotatable bonds is 3. The number of benzene rings is 1. The van der Waals surface area contributed by atoms with Crippen molar-refractivity contribution in [2.45, 2.75) is 19.2 Å². The number of nitrogens with zero attached hydrogens (tertiary/aromatic N) is 1. The third-order valence-corrected chi connectivity index (χ3v) is 4.84. The van der Waals surface area contributed by atoms with Crippen LogP contribution >= 0.6 is 0 Å². The lowest BCUT2D eigenvalue weighted by atomic mass is 9.92. The zero-order chi connectivity index (χ0) is 17.9. The highest BCUT2D eigenvalue weighted by molar-refractivity contribution is 5.91. The van der Waals surface area contributed by atoms with Crippen LogP contribution < -0.4 is 10.1 Å². The first-order chi connectivity index (χ1) is 11.9. The molecule has 1 N–H and O–H groups in total. The summed E-state index contributed by atoms with van der Waals surface area (Å²) in [5.41, 5.74) is 0.492. The summed E-state index contributed by atoms with van der Waals surface area (Å²) < 4.78 is 40.7. The van der Waals surface area contributed by atoms with Crippen LogP contribution in [0.15, 0.2) is 30.3 Å². The molecule has 3 rings (SSSR count). The Hall–Kier alpha value is -2.02. The van der Waals surface area contributed by atoms with E-state index in [1.165, 1.54) is 30.4 Å². The second-order valence-corrected chi connectivity index (χ2v) is 6.53. The maximum absolute atomic E-state index is 12.4. The monoisotopic (exact) mass is 354 g/mol. The lowest BCUT2D eigenvalue weighted by molar-refractivity contribution is -0.274. The number of alkyl halides is 3. The number of halogens is 3. The molecule has 1 amide bonds. The molecular weight excluding hydrogens is 333 g/mol. The quantitative estimate of drug-likeness (QED) is 0.849. The summed E-state index contributed by atoms with van der Waals surface area (Å²) in [5, 5.41) is 3.39. The Labute approximate surface area is 144 Å². The zero-order valence-corrected chi connectivity index (χ0v) is 13.8. The molecule has 0 aliphatic carbocycles. The van der Waals surface area contributed by atoms with E-state index < -0.39 is 6.36 Å². The molecule has 4 nitrogen and oxygen atoms in total. The summed E-state index contributed by atoms with van der Waals surface area (Å²) in [6.07, 6.45) is 0.209. The number of hydrogen-bond acceptors (Lipinski definition) is 3. The highest BCUT2D eigenvalue weighted by Gasteiger charge is 2.31. The number of ether oxygens (including phenoxy) is 1. The first-order valence-corrected chi connectivity index (χ1v) is 8.44. The number of carbonyl (C=O) groups is 1. The molecule has 136 valence electrons. The Morgan fingerprint density at radius 1 is 1.20 bits per heavy atom. The zero-order valence-electron chi connectivity index (χ0n) is 13.8. The summed E-state index contributed by atoms with van der Waals surface area (Å²) in [6, 6.07) is 5.58. The Morgan fingerprint density at radius 2 is 1.88 bits per heavy atom. The molecule has 2 aliphatic rings. The van der Waals surface area contributed by atoms with E-state index in [-0.39, 0.29) is 11.7 Å². The Bertz CT molecular complexity index is 631. The molecule has 0 saturated carbocycles. The van der Waals surface area contributed by atoms with Crippen molar-refractivity contribution in [3.63, 3.8) is 0 Å². The van der Waals surface area contributed by atoms with Crippen molar-refractivity contribution in [1.29, 1.82) is 0 Å². The molecule has 2 saturated heterocycles. The van der Waals surface area contributed by atoms with Crippen molar-refractivity contribution in [3.05, 3.63) is 35.9 Å². The van der Waals surface area contributed by atoms with Crippen LogP contribution in [0.1, 0.15) is 18.4 Å². The van der Waals surface area contributed by atoms with Gasteiger partial charge in [0.25, 0.3) is 0 Å². The maximum Gasteiger partial charge on any atom is 0.573 e. The van der Waals surface area contributed by atoms with Gasteiger partial charge in [0.1, 0.15) is 5.75 Å². The van der Waals surface area contributed by atoms with Gasteiger partial charge in [0, 0.05) is 19.2 Å². The fourth-order valence-corrected chi connectivity index (χ4v) is 3.53. The van der Waals surface area contributed by atoms with E-state index in [1.54, 1.807) is 6.07 Å². The highest BCUT2D eigenvalue weighted by atomic mass is 19.4. The number of hydrogen-bond donors (Lipinski definition) is 1. The molecule has 0 aromatic heterocycles. The third-order valence-electron chi connectivity index (χ3n) is 4.84. The van der Waals surface area contributed by atoms with E-state index in [4.69, 9.17) is 0 Å². The summed E-state index contributed by atoms with van der Waals surface area (Å²) in [5.74, 6) is 0.878. The molecule has 0 bridgehead atoms. The number of fused-ring (bicyclic) bond motifs is 1. The van der Waals surface area contributed by atoms with E-state index in [1.807, 2.05) is 4.90 Å². The van der Waals surface area contributed by atoms with Crippen molar-refractivity contribution in [2.24, 2.45) is 11.8 Å². The van der Waals surface area contributed by atoms with Crippen LogP contribution in [0.2, 0.25) is 0 Å². The van der Waals surface area contributed by atoms with Crippen molar-refractivity contribution in [2.75, 3.05) is 26.2 Å². The summed E-state index contributed by atoms with van der Waals surface area (Å²) >= 11 is 0. The van der Waals surface area contributed by atoms with Crippen LogP contribution in [0.4, 0.5) is 13.2 Å². The standard InChI is InChI=1S/C18H21F3N2O2/c19-18(20,21)25-16-3-1-2-13(10-16)4-5-17(24)23-8-6-14-11-22-12-15(14)7-9-23/h1-5,10,14-15,22H,6-9,11-12H2/t14-,15+. The lowest BCUT2D eigenvalue weighted by Crippen LogP contribution is -2.31. The second-order valence-electron chi connectivity index (χ2n) is 6.53. The predicted molar refractivity (Wildman–Crippen MR) is 87.8 cm³/mol. The topological polar surface area (TPSA) is 41.6 Å². The van der Waals surface area contributed by atoms with Crippen LogP contribution in [0.25, 0.3) is 6.08 Å². The van der Waals surface area contributed by atoms with Gasteiger partial charge in [-0.1, -0.05) is 12.1 Å². The average molecular weight is 354 g/mol. The fourth-order valence-electron chi connectivity index (χ4n) is 3.53. The first-order valence-electron chi connectivity index (χ1n) is 8.44. The SMILES string of the molecule is O=C(C=Cc1cccc(OC(F)(F)F)c1)N1CC[C@@H]2CNC[C@@H]2CC1. The molecule has 7 heteroatoms. The minimum Gasteiger partial charge on any atom is -0.406 e. The van der Waals surface area contributed by atoms with Gasteiger partial charge in [-0.25, -0.2) is 0 Å². The molecule has 0 spiro atoms. The largest absolute Gasteiger partial charge is 0.573 e. The number of amides is 1. The fraction of sp³-hybridized carbons (Fsp3) is 0.500. The van der Waals surface area contributed by atoms with Crippen LogP contribution in [-0.2, 0) is 4.79 Å². The number of likely N-dealkylation sites (tertiary alicyclic amines) is 1. The van der Waals surface area contributed by atoms with E-state index >= 15 is 0 Å². The van der Waals surface area contributed by atoms with Gasteiger partial charge in [0.05, 0.1) is 0 Å². The van der Waals surface area contributed by atoms with Crippen molar-refractivity contribution >= 4 is 12.0 Å². The van der Waals surface area contributed by atoms with Crippen molar-refractivity contribution in [1.82, 2.24) is 10.2 Å². The summed E-state index contributed by atoms with van der Waals surface area (Å²) in [6.45, 7) is 3.50. The van der Waals surface area contributed by atoms with Gasteiger partial charge >= 0.3 is 6.36 Å². The Kier molecular flexibility index (Phi) is 5.32. The average Bonchev–Trinajstić information content (AvgIpc) is 2.90. The van der Waals surface area contributed by atoms with Gasteiger partial charge in [-0.15, -0.1) is 13.2 Å².